The SMILES string of the molecule is S=C1CCCCCCCCCCCCCCCCCCO1. The van der Waals surface area contributed by atoms with Gasteiger partial charge in [0.2, 0.25) is 0 Å². The summed E-state index contributed by atoms with van der Waals surface area (Å²) < 4.78 is 5.66. The standard InChI is InChI=1S/C19H36OS/c21-19-17-15-13-11-9-7-5-3-1-2-4-6-8-10-12-14-16-18-20-19/h1-18H2. The van der Waals surface area contributed by atoms with Crippen LogP contribution in [0.15, 0.2) is 0 Å². The molecule has 0 atom stereocenters. The zero-order valence-corrected chi connectivity index (χ0v) is 14.9. The van der Waals surface area contributed by atoms with Crippen molar-refractivity contribution in [1.82, 2.24) is 0 Å². The molecule has 0 N–H and O–H groups in total. The fourth-order valence-electron chi connectivity index (χ4n) is 3.10. The molecule has 124 valence electrons. The molecule has 2 heteroatoms. The average Bonchev–Trinajstić information content (AvgIpc) is 2.48. The van der Waals surface area contributed by atoms with Crippen molar-refractivity contribution < 1.29 is 4.74 Å². The Morgan fingerprint density at radius 3 is 1.24 bits per heavy atom. The van der Waals surface area contributed by atoms with E-state index in [4.69, 9.17) is 17.0 Å². The van der Waals surface area contributed by atoms with Crippen LogP contribution in [0.1, 0.15) is 109 Å². The Balaban J connectivity index is 2.09. The van der Waals surface area contributed by atoms with Gasteiger partial charge < -0.3 is 4.74 Å². The topological polar surface area (TPSA) is 9.23 Å². The van der Waals surface area contributed by atoms with Crippen LogP contribution >= 0.6 is 12.2 Å². The second-order valence-corrected chi connectivity index (χ2v) is 7.08. The summed E-state index contributed by atoms with van der Waals surface area (Å²) in [7, 11) is 0. The van der Waals surface area contributed by atoms with Crippen molar-refractivity contribution in [2.75, 3.05) is 6.61 Å². The molecule has 0 aliphatic carbocycles. The number of thiocarbonyl (C=S) groups is 1. The van der Waals surface area contributed by atoms with Crippen molar-refractivity contribution in [3.8, 4) is 0 Å². The molecular formula is C19H36OS. The van der Waals surface area contributed by atoms with Crippen molar-refractivity contribution in [3.05, 3.63) is 0 Å². The molecule has 0 amide bonds. The van der Waals surface area contributed by atoms with Crippen molar-refractivity contribution >= 4 is 17.3 Å². The van der Waals surface area contributed by atoms with Gasteiger partial charge in [-0.3, -0.25) is 0 Å². The van der Waals surface area contributed by atoms with Crippen molar-refractivity contribution in [1.29, 1.82) is 0 Å². The van der Waals surface area contributed by atoms with E-state index in [-0.39, 0.29) is 0 Å². The van der Waals surface area contributed by atoms with E-state index in [1.165, 1.54) is 103 Å². The Morgan fingerprint density at radius 2 is 0.810 bits per heavy atom. The van der Waals surface area contributed by atoms with Crippen LogP contribution in [0.25, 0.3) is 0 Å². The monoisotopic (exact) mass is 312 g/mol. The Kier molecular flexibility index (Phi) is 13.4. The van der Waals surface area contributed by atoms with Gasteiger partial charge in [-0.05, 0) is 25.1 Å². The van der Waals surface area contributed by atoms with Gasteiger partial charge in [-0.2, -0.15) is 0 Å². The fourth-order valence-corrected chi connectivity index (χ4v) is 3.33. The lowest BCUT2D eigenvalue weighted by Gasteiger charge is -2.08. The Labute approximate surface area is 138 Å². The van der Waals surface area contributed by atoms with E-state index in [2.05, 4.69) is 0 Å². The van der Waals surface area contributed by atoms with Gasteiger partial charge >= 0.3 is 0 Å². The van der Waals surface area contributed by atoms with Crippen LogP contribution in [0.2, 0.25) is 0 Å². The molecular weight excluding hydrogens is 276 g/mol. The predicted molar refractivity (Wildman–Crippen MR) is 97.0 cm³/mol. The zero-order valence-electron chi connectivity index (χ0n) is 14.0. The Hall–Kier alpha value is -0.110. The maximum atomic E-state index is 5.66. The number of rotatable bonds is 0. The molecule has 1 fully saturated rings. The molecule has 1 heterocycles. The minimum absolute atomic E-state index is 0.846. The van der Waals surface area contributed by atoms with Crippen LogP contribution in [0, 0.1) is 0 Å². The second-order valence-electron chi connectivity index (χ2n) is 6.63. The first-order chi connectivity index (χ1) is 10.4. The third-order valence-electron chi connectivity index (χ3n) is 4.54. The summed E-state index contributed by atoms with van der Waals surface area (Å²) in [5, 5.41) is 0.851. The molecule has 0 unspecified atom stereocenters. The zero-order chi connectivity index (χ0) is 15.0. The molecule has 1 aliphatic rings. The van der Waals surface area contributed by atoms with Crippen molar-refractivity contribution in [2.45, 2.75) is 109 Å². The van der Waals surface area contributed by atoms with Crippen molar-refractivity contribution in [2.24, 2.45) is 0 Å². The number of ether oxygens (including phenoxy) is 1. The van der Waals surface area contributed by atoms with Crippen LogP contribution in [0.3, 0.4) is 0 Å². The van der Waals surface area contributed by atoms with Gasteiger partial charge in [0.05, 0.1) is 6.61 Å². The molecule has 0 bridgehead atoms. The van der Waals surface area contributed by atoms with Gasteiger partial charge in [0.25, 0.3) is 0 Å². The maximum Gasteiger partial charge on any atom is 0.159 e. The molecule has 0 spiro atoms. The third kappa shape index (κ3) is 13.3. The van der Waals surface area contributed by atoms with E-state index in [1.54, 1.807) is 0 Å². The minimum Gasteiger partial charge on any atom is -0.487 e. The van der Waals surface area contributed by atoms with Gasteiger partial charge in [-0.25, -0.2) is 0 Å². The molecule has 21 heavy (non-hydrogen) atoms. The third-order valence-corrected chi connectivity index (χ3v) is 4.86. The van der Waals surface area contributed by atoms with E-state index in [1.807, 2.05) is 0 Å². The summed E-state index contributed by atoms with van der Waals surface area (Å²) >= 11 is 5.29. The fraction of sp³-hybridized carbons (Fsp3) is 0.947. The lowest BCUT2D eigenvalue weighted by atomic mass is 10.0. The summed E-state index contributed by atoms with van der Waals surface area (Å²) in [6, 6.07) is 0. The van der Waals surface area contributed by atoms with E-state index >= 15 is 0 Å². The van der Waals surface area contributed by atoms with Crippen LogP contribution in [-0.4, -0.2) is 11.7 Å². The van der Waals surface area contributed by atoms with Gasteiger partial charge in [0.1, 0.15) is 0 Å². The summed E-state index contributed by atoms with van der Waals surface area (Å²) in [5.74, 6) is 0. The first-order valence-electron chi connectivity index (χ1n) is 9.55. The lowest BCUT2D eigenvalue weighted by Crippen LogP contribution is -2.03. The lowest BCUT2D eigenvalue weighted by molar-refractivity contribution is 0.290. The molecule has 1 rings (SSSR count). The Bertz CT molecular complexity index is 218. The van der Waals surface area contributed by atoms with Crippen LogP contribution in [-0.2, 0) is 4.74 Å². The summed E-state index contributed by atoms with van der Waals surface area (Å²) in [6.45, 7) is 0.846. The van der Waals surface area contributed by atoms with Crippen LogP contribution in [0.5, 0.6) is 0 Å². The smallest absolute Gasteiger partial charge is 0.159 e. The van der Waals surface area contributed by atoms with Crippen LogP contribution < -0.4 is 0 Å². The van der Waals surface area contributed by atoms with Gasteiger partial charge in [0.15, 0.2) is 5.05 Å². The Morgan fingerprint density at radius 1 is 0.476 bits per heavy atom. The summed E-state index contributed by atoms with van der Waals surface area (Å²) in [4.78, 5) is 0. The molecule has 0 aromatic carbocycles. The average molecular weight is 313 g/mol. The predicted octanol–water partition coefficient (Wildman–Crippen LogP) is 6.98. The molecule has 1 nitrogen and oxygen atoms in total. The highest BCUT2D eigenvalue weighted by Crippen LogP contribution is 2.14. The van der Waals surface area contributed by atoms with Gasteiger partial charge in [-0.15, -0.1) is 0 Å². The second kappa shape index (κ2) is 14.8. The normalized spacial score (nSPS) is 23.1. The summed E-state index contributed by atoms with van der Waals surface area (Å²) in [5.41, 5.74) is 0. The molecule has 0 aromatic rings. The maximum absolute atomic E-state index is 5.66. The molecule has 0 saturated carbocycles. The van der Waals surface area contributed by atoms with E-state index < -0.39 is 0 Å². The number of hydrogen-bond donors (Lipinski definition) is 0. The largest absolute Gasteiger partial charge is 0.487 e. The van der Waals surface area contributed by atoms with Crippen LogP contribution in [0.4, 0.5) is 0 Å². The van der Waals surface area contributed by atoms with Gasteiger partial charge in [-0.1, -0.05) is 89.9 Å². The quantitative estimate of drug-likeness (QED) is 0.446. The highest BCUT2D eigenvalue weighted by molar-refractivity contribution is 7.80. The molecule has 0 aromatic heterocycles. The highest BCUT2D eigenvalue weighted by atomic mass is 32.1. The van der Waals surface area contributed by atoms with E-state index in [0.29, 0.717) is 0 Å². The number of hydrogen-bond acceptors (Lipinski definition) is 2. The molecule has 0 radical (unpaired) electrons. The molecule has 1 aliphatic heterocycles. The highest BCUT2D eigenvalue weighted by Gasteiger charge is 2.00. The first kappa shape index (κ1) is 18.9. The van der Waals surface area contributed by atoms with Crippen molar-refractivity contribution in [3.63, 3.8) is 0 Å². The summed E-state index contributed by atoms with van der Waals surface area (Å²) in [6.07, 6.45) is 23.2. The van der Waals surface area contributed by atoms with E-state index in [9.17, 15) is 0 Å². The van der Waals surface area contributed by atoms with E-state index in [0.717, 1.165) is 18.1 Å². The first-order valence-corrected chi connectivity index (χ1v) is 9.96. The van der Waals surface area contributed by atoms with Gasteiger partial charge in [0, 0.05) is 6.42 Å². The molecule has 1 saturated heterocycles. The minimum atomic E-state index is 0.846.